The molecule has 0 amide bonds. The summed E-state index contributed by atoms with van der Waals surface area (Å²) in [6.07, 6.45) is 103. The smallest absolute Gasteiger partial charge is 0.138 e. The molecule has 0 aromatic carbocycles. The molecule has 2 nitrogen and oxygen atoms in total. The normalized spacial score (nSPS) is 13.5. The van der Waals surface area contributed by atoms with Crippen LogP contribution in [0.5, 0.6) is 0 Å². The predicted octanol–water partition coefficient (Wildman–Crippen LogP) is 29.5. The van der Waals surface area contributed by atoms with Gasteiger partial charge in [-0.2, -0.15) is 0 Å². The van der Waals surface area contributed by atoms with E-state index in [1.165, 1.54) is 405 Å². The van der Waals surface area contributed by atoms with Gasteiger partial charge in [-0.3, -0.25) is 4.79 Å². The lowest BCUT2D eigenvalue weighted by Crippen LogP contribution is -2.28. The lowest BCUT2D eigenvalue weighted by Gasteiger charge is -2.21. The van der Waals surface area contributed by atoms with Crippen molar-refractivity contribution in [1.82, 2.24) is 0 Å². The van der Waals surface area contributed by atoms with Crippen LogP contribution < -0.4 is 0 Å². The molecule has 1 N–H and O–H groups in total. The molecule has 4 atom stereocenters. The molecule has 0 aliphatic heterocycles. The van der Waals surface area contributed by atoms with Crippen LogP contribution in [0.3, 0.4) is 0 Å². The minimum atomic E-state index is -0.430. The maximum absolute atomic E-state index is 12.7. The van der Waals surface area contributed by atoms with Crippen molar-refractivity contribution in [3.8, 4) is 0 Å². The average Bonchev–Trinajstić information content (AvgIpc) is 3.50. The van der Waals surface area contributed by atoms with Crippen molar-refractivity contribution in [2.24, 2.45) is 17.8 Å². The van der Waals surface area contributed by atoms with Gasteiger partial charge in [0.15, 0.2) is 0 Å². The van der Waals surface area contributed by atoms with Gasteiger partial charge in [0.2, 0.25) is 0 Å². The lowest BCUT2D eigenvalue weighted by molar-refractivity contribution is -0.126. The first-order valence-electron chi connectivity index (χ1n) is 40.0. The van der Waals surface area contributed by atoms with Crippen LogP contribution in [0.1, 0.15) is 471 Å². The van der Waals surface area contributed by atoms with Gasteiger partial charge in [0.05, 0.1) is 6.10 Å². The van der Waals surface area contributed by atoms with Gasteiger partial charge in [-0.05, 0) is 63.2 Å². The first kappa shape index (κ1) is 83.1. The maximum Gasteiger partial charge on any atom is 0.138 e. The van der Waals surface area contributed by atoms with E-state index >= 15 is 0 Å². The molecule has 0 aliphatic rings. The fraction of sp³-hybridized carbons (Fsp3) is 0.939. The summed E-state index contributed by atoms with van der Waals surface area (Å²) in [5, 5.41) is 11.0. The van der Waals surface area contributed by atoms with Crippen molar-refractivity contribution in [3.05, 3.63) is 24.3 Å². The maximum atomic E-state index is 12.7. The lowest BCUT2D eigenvalue weighted by atomic mass is 9.87. The Kier molecular flexibility index (Phi) is 72.1. The number of ketones is 1. The molecule has 84 heavy (non-hydrogen) atoms. The van der Waals surface area contributed by atoms with Crippen LogP contribution in [0.2, 0.25) is 0 Å². The number of carbonyl (C=O) groups excluding carboxylic acids is 1. The van der Waals surface area contributed by atoms with Gasteiger partial charge in [0.1, 0.15) is 5.78 Å². The third-order valence-electron chi connectivity index (χ3n) is 19.7. The standard InChI is InChI=1S/C82H160O2/c1-6-9-11-13-15-17-19-21-23-25-28-32-40-46-52-58-64-70-76-80(81(83)8-3)82(84)77-71-65-59-53-47-41-33-29-26-27-31-37-43-49-55-61-67-73-79(5)75-69-63-57-51-45-39-35-34-38-44-50-56-62-68-74-78(4)72-66-60-54-48-42-36-30-24-22-20-18-16-14-12-10-7-2/h66,69,72,75,78-80,82,84H,6-65,67-68,70-71,73-74,76-77H2,1-5H3/b72-66+,75-69+. The van der Waals surface area contributed by atoms with Crippen LogP contribution in [0, 0.1) is 17.8 Å². The molecule has 2 heteroatoms. The molecular weight excluding hydrogens is 1020 g/mol. The zero-order valence-electron chi connectivity index (χ0n) is 59.1. The average molecular weight is 1180 g/mol. The summed E-state index contributed by atoms with van der Waals surface area (Å²) in [7, 11) is 0. The quantitative estimate of drug-likeness (QED) is 0.0487. The highest BCUT2D eigenvalue weighted by atomic mass is 16.3. The van der Waals surface area contributed by atoms with E-state index in [0.29, 0.717) is 6.42 Å². The molecule has 500 valence electrons. The summed E-state index contributed by atoms with van der Waals surface area (Å²) in [5.74, 6) is 1.68. The molecule has 0 bridgehead atoms. The number of carbonyl (C=O) groups is 1. The van der Waals surface area contributed by atoms with Crippen LogP contribution in [0.4, 0.5) is 0 Å². The van der Waals surface area contributed by atoms with E-state index in [0.717, 1.165) is 37.5 Å². The van der Waals surface area contributed by atoms with E-state index < -0.39 is 6.10 Å². The number of hydrogen-bond acceptors (Lipinski definition) is 2. The molecule has 0 heterocycles. The van der Waals surface area contributed by atoms with Crippen LogP contribution in [0.25, 0.3) is 0 Å². The molecule has 0 rings (SSSR count). The summed E-state index contributed by atoms with van der Waals surface area (Å²) in [4.78, 5) is 12.7. The van der Waals surface area contributed by atoms with Crippen molar-refractivity contribution in [2.45, 2.75) is 477 Å². The van der Waals surface area contributed by atoms with Gasteiger partial charge < -0.3 is 5.11 Å². The monoisotopic (exact) mass is 1180 g/mol. The second-order valence-corrected chi connectivity index (χ2v) is 28.4. The van der Waals surface area contributed by atoms with Crippen molar-refractivity contribution in [1.29, 1.82) is 0 Å². The summed E-state index contributed by atoms with van der Waals surface area (Å²) in [6.45, 7) is 11.5. The minimum Gasteiger partial charge on any atom is -0.392 e. The zero-order valence-corrected chi connectivity index (χ0v) is 59.1. The summed E-state index contributed by atoms with van der Waals surface area (Å²) in [6, 6.07) is 0. The Labute approximate surface area is 532 Å². The number of aliphatic hydroxyl groups excluding tert-OH is 1. The van der Waals surface area contributed by atoms with Gasteiger partial charge in [-0.25, -0.2) is 0 Å². The number of rotatable bonds is 74. The molecular formula is C82H160O2. The molecule has 0 spiro atoms. The van der Waals surface area contributed by atoms with Crippen molar-refractivity contribution in [2.75, 3.05) is 0 Å². The van der Waals surface area contributed by atoms with Gasteiger partial charge in [0, 0.05) is 12.3 Å². The van der Waals surface area contributed by atoms with Crippen LogP contribution in [-0.4, -0.2) is 17.0 Å². The first-order valence-corrected chi connectivity index (χ1v) is 40.0. The highest BCUT2D eigenvalue weighted by Gasteiger charge is 2.24. The van der Waals surface area contributed by atoms with Crippen molar-refractivity contribution < 1.29 is 9.90 Å². The third-order valence-corrected chi connectivity index (χ3v) is 19.7. The second-order valence-electron chi connectivity index (χ2n) is 28.4. The highest BCUT2D eigenvalue weighted by Crippen LogP contribution is 2.24. The van der Waals surface area contributed by atoms with Crippen LogP contribution in [-0.2, 0) is 4.79 Å². The van der Waals surface area contributed by atoms with Gasteiger partial charge in [-0.1, -0.05) is 438 Å². The minimum absolute atomic E-state index is 0.126. The van der Waals surface area contributed by atoms with E-state index in [2.05, 4.69) is 52.0 Å². The molecule has 0 aromatic heterocycles. The summed E-state index contributed by atoms with van der Waals surface area (Å²) < 4.78 is 0. The Balaban J connectivity index is 3.45. The first-order chi connectivity index (χ1) is 41.5. The molecule has 0 aromatic rings. The predicted molar refractivity (Wildman–Crippen MR) is 382 cm³/mol. The Morgan fingerprint density at radius 3 is 0.679 bits per heavy atom. The van der Waals surface area contributed by atoms with Crippen molar-refractivity contribution >= 4 is 5.78 Å². The van der Waals surface area contributed by atoms with Crippen LogP contribution in [0.15, 0.2) is 24.3 Å². The summed E-state index contributed by atoms with van der Waals surface area (Å²) >= 11 is 0. The molecule has 0 fully saturated rings. The fourth-order valence-corrected chi connectivity index (χ4v) is 13.6. The van der Waals surface area contributed by atoms with Crippen LogP contribution >= 0.6 is 0 Å². The van der Waals surface area contributed by atoms with Crippen molar-refractivity contribution in [3.63, 3.8) is 0 Å². The molecule has 0 radical (unpaired) electrons. The molecule has 0 aliphatic carbocycles. The van der Waals surface area contributed by atoms with E-state index in [4.69, 9.17) is 0 Å². The van der Waals surface area contributed by atoms with Gasteiger partial charge >= 0.3 is 0 Å². The fourth-order valence-electron chi connectivity index (χ4n) is 13.6. The summed E-state index contributed by atoms with van der Waals surface area (Å²) in [5.41, 5.74) is 0. The SMILES string of the molecule is CCCCCCCCCCCCCCCC/C=C/C(C)CCCCCCCCCCCCCC/C=C/C(C)CCCCCCCCCCCCCCCCCCCC(O)C(CCCCCCCCCCCCCCCCCCCC)C(=O)CC. The molecule has 0 saturated heterocycles. The number of unbranched alkanes of at least 4 members (excludes halogenated alkanes) is 59. The Hall–Kier alpha value is -0.890. The number of hydrogen-bond donors (Lipinski definition) is 1. The number of aliphatic hydroxyl groups is 1. The number of allylic oxidation sites excluding steroid dienone is 4. The van der Waals surface area contributed by atoms with E-state index in [1.54, 1.807) is 0 Å². The van der Waals surface area contributed by atoms with Gasteiger partial charge in [0.25, 0.3) is 0 Å². The highest BCUT2D eigenvalue weighted by molar-refractivity contribution is 5.81. The molecule has 0 saturated carbocycles. The molecule has 4 unspecified atom stereocenters. The topological polar surface area (TPSA) is 37.3 Å². The third kappa shape index (κ3) is 67.0. The number of Topliss-reactive ketones (excluding diaryl/α,β-unsaturated/α-hetero) is 1. The van der Waals surface area contributed by atoms with E-state index in [1.807, 2.05) is 6.92 Å². The Morgan fingerprint density at radius 1 is 0.262 bits per heavy atom. The largest absolute Gasteiger partial charge is 0.392 e. The second kappa shape index (κ2) is 72.9. The Bertz CT molecular complexity index is 1270. The van der Waals surface area contributed by atoms with Gasteiger partial charge in [-0.15, -0.1) is 0 Å². The Morgan fingerprint density at radius 2 is 0.452 bits per heavy atom. The zero-order chi connectivity index (χ0) is 60.8. The van der Waals surface area contributed by atoms with E-state index in [9.17, 15) is 9.90 Å². The van der Waals surface area contributed by atoms with E-state index in [-0.39, 0.29) is 11.7 Å².